The zero-order valence-corrected chi connectivity index (χ0v) is 12.7. The van der Waals surface area contributed by atoms with E-state index < -0.39 is 0 Å². The quantitative estimate of drug-likeness (QED) is 0.818. The van der Waals surface area contributed by atoms with Crippen LogP contribution in [0.25, 0.3) is 0 Å². The van der Waals surface area contributed by atoms with Gasteiger partial charge in [0.15, 0.2) is 0 Å². The van der Waals surface area contributed by atoms with Crippen LogP contribution in [0.5, 0.6) is 0 Å². The van der Waals surface area contributed by atoms with Gasteiger partial charge in [-0.1, -0.05) is 49.1 Å². The first kappa shape index (κ1) is 15.5. The predicted octanol–water partition coefficient (Wildman–Crippen LogP) is 2.45. The summed E-state index contributed by atoms with van der Waals surface area (Å²) in [6.45, 7) is 2.49. The molecular weight excluding hydrogens is 264 g/mol. The van der Waals surface area contributed by atoms with E-state index in [0.717, 1.165) is 24.0 Å². The summed E-state index contributed by atoms with van der Waals surface area (Å²) in [5.74, 6) is -0.381. The summed E-state index contributed by atoms with van der Waals surface area (Å²) in [5.41, 5.74) is 2.22. The molecule has 4 nitrogen and oxygen atoms in total. The molecule has 1 aliphatic rings. The van der Waals surface area contributed by atoms with E-state index >= 15 is 0 Å². The summed E-state index contributed by atoms with van der Waals surface area (Å²) in [6.07, 6.45) is 5.59. The zero-order valence-electron chi connectivity index (χ0n) is 12.7. The fourth-order valence-electron chi connectivity index (χ4n) is 2.76. The number of hydrogen-bond donors (Lipinski definition) is 2. The van der Waals surface area contributed by atoms with Gasteiger partial charge in [0.05, 0.1) is 0 Å². The molecule has 2 N–H and O–H groups in total. The molecule has 1 fully saturated rings. The van der Waals surface area contributed by atoms with Crippen molar-refractivity contribution in [2.45, 2.75) is 58.0 Å². The van der Waals surface area contributed by atoms with Crippen LogP contribution in [0.4, 0.5) is 0 Å². The Morgan fingerprint density at radius 3 is 2.62 bits per heavy atom. The van der Waals surface area contributed by atoms with Crippen molar-refractivity contribution in [3.63, 3.8) is 0 Å². The number of carbonyl (C=O) groups is 2. The molecule has 0 atom stereocenters. The molecule has 2 rings (SSSR count). The van der Waals surface area contributed by atoms with Crippen LogP contribution in [0.1, 0.15) is 49.7 Å². The van der Waals surface area contributed by atoms with E-state index in [9.17, 15) is 9.59 Å². The second kappa shape index (κ2) is 7.81. The SMILES string of the molecule is Cc1cccc(CNC(=O)CC(=O)NC2CCCCC2)c1. The molecule has 2 amide bonds. The minimum Gasteiger partial charge on any atom is -0.353 e. The summed E-state index contributed by atoms with van der Waals surface area (Å²) in [5, 5.41) is 5.75. The molecule has 4 heteroatoms. The normalized spacial score (nSPS) is 15.5. The molecule has 0 heterocycles. The summed E-state index contributed by atoms with van der Waals surface area (Å²) < 4.78 is 0. The Morgan fingerprint density at radius 1 is 1.14 bits per heavy atom. The molecule has 0 spiro atoms. The average molecular weight is 288 g/mol. The molecule has 1 aromatic carbocycles. The third kappa shape index (κ3) is 5.58. The van der Waals surface area contributed by atoms with E-state index in [-0.39, 0.29) is 24.3 Å². The van der Waals surface area contributed by atoms with Gasteiger partial charge in [-0.3, -0.25) is 9.59 Å². The lowest BCUT2D eigenvalue weighted by Gasteiger charge is -2.22. The maximum atomic E-state index is 11.8. The predicted molar refractivity (Wildman–Crippen MR) is 82.7 cm³/mol. The standard InChI is InChI=1S/C17H24N2O2/c1-13-6-5-7-14(10-13)12-18-16(20)11-17(21)19-15-8-3-2-4-9-15/h5-7,10,15H,2-4,8-9,11-12H2,1H3,(H,18,20)(H,19,21). The first-order valence-electron chi connectivity index (χ1n) is 7.75. The van der Waals surface area contributed by atoms with Crippen LogP contribution in [0, 0.1) is 6.92 Å². The van der Waals surface area contributed by atoms with Gasteiger partial charge in [-0.25, -0.2) is 0 Å². The number of benzene rings is 1. The van der Waals surface area contributed by atoms with Crippen LogP contribution < -0.4 is 10.6 Å². The molecule has 0 aliphatic heterocycles. The molecule has 0 unspecified atom stereocenters. The van der Waals surface area contributed by atoms with Gasteiger partial charge in [-0.05, 0) is 25.3 Å². The number of aryl methyl sites for hydroxylation is 1. The highest BCUT2D eigenvalue weighted by Gasteiger charge is 2.17. The summed E-state index contributed by atoms with van der Waals surface area (Å²) in [4.78, 5) is 23.6. The third-order valence-electron chi connectivity index (χ3n) is 3.86. The molecule has 0 saturated heterocycles. The third-order valence-corrected chi connectivity index (χ3v) is 3.86. The first-order chi connectivity index (χ1) is 10.1. The lowest BCUT2D eigenvalue weighted by Crippen LogP contribution is -2.39. The Labute approximate surface area is 126 Å². The largest absolute Gasteiger partial charge is 0.353 e. The van der Waals surface area contributed by atoms with E-state index in [1.807, 2.05) is 31.2 Å². The van der Waals surface area contributed by atoms with Crippen LogP contribution in [-0.4, -0.2) is 17.9 Å². The number of hydrogen-bond acceptors (Lipinski definition) is 2. The molecule has 21 heavy (non-hydrogen) atoms. The Balaban J connectivity index is 1.70. The number of carbonyl (C=O) groups excluding carboxylic acids is 2. The number of amides is 2. The lowest BCUT2D eigenvalue weighted by molar-refractivity contribution is -0.129. The molecule has 1 saturated carbocycles. The van der Waals surface area contributed by atoms with Crippen LogP contribution in [0.2, 0.25) is 0 Å². The monoisotopic (exact) mass is 288 g/mol. The number of rotatable bonds is 5. The zero-order chi connectivity index (χ0) is 15.1. The fraction of sp³-hybridized carbons (Fsp3) is 0.529. The maximum absolute atomic E-state index is 11.8. The number of nitrogens with one attached hydrogen (secondary N) is 2. The van der Waals surface area contributed by atoms with Crippen molar-refractivity contribution in [1.29, 1.82) is 0 Å². The van der Waals surface area contributed by atoms with E-state index in [0.29, 0.717) is 6.54 Å². The van der Waals surface area contributed by atoms with Gasteiger partial charge in [0.2, 0.25) is 11.8 Å². The fourth-order valence-corrected chi connectivity index (χ4v) is 2.76. The Morgan fingerprint density at radius 2 is 1.90 bits per heavy atom. The highest BCUT2D eigenvalue weighted by atomic mass is 16.2. The highest BCUT2D eigenvalue weighted by molar-refractivity contribution is 5.96. The molecule has 114 valence electrons. The average Bonchev–Trinajstić information content (AvgIpc) is 2.46. The van der Waals surface area contributed by atoms with Crippen LogP contribution >= 0.6 is 0 Å². The van der Waals surface area contributed by atoms with Crippen molar-refractivity contribution < 1.29 is 9.59 Å². The Bertz CT molecular complexity index is 493. The molecule has 1 aromatic rings. The molecule has 0 radical (unpaired) electrons. The minimum atomic E-state index is -0.218. The molecule has 0 aromatic heterocycles. The smallest absolute Gasteiger partial charge is 0.229 e. The van der Waals surface area contributed by atoms with Gasteiger partial charge >= 0.3 is 0 Å². The van der Waals surface area contributed by atoms with Gasteiger partial charge in [0, 0.05) is 12.6 Å². The van der Waals surface area contributed by atoms with Crippen LogP contribution in [0.3, 0.4) is 0 Å². The van der Waals surface area contributed by atoms with Gasteiger partial charge in [-0.2, -0.15) is 0 Å². The second-order valence-electron chi connectivity index (χ2n) is 5.85. The summed E-state index contributed by atoms with van der Waals surface area (Å²) in [6, 6.07) is 8.24. The topological polar surface area (TPSA) is 58.2 Å². The first-order valence-corrected chi connectivity index (χ1v) is 7.75. The van der Waals surface area contributed by atoms with Gasteiger partial charge < -0.3 is 10.6 Å². The molecular formula is C17H24N2O2. The van der Waals surface area contributed by atoms with Crippen molar-refractivity contribution in [1.82, 2.24) is 10.6 Å². The highest BCUT2D eigenvalue weighted by Crippen LogP contribution is 2.17. The van der Waals surface area contributed by atoms with Crippen molar-refractivity contribution in [2.24, 2.45) is 0 Å². The lowest BCUT2D eigenvalue weighted by atomic mass is 9.95. The maximum Gasteiger partial charge on any atom is 0.229 e. The van der Waals surface area contributed by atoms with E-state index in [4.69, 9.17) is 0 Å². The summed E-state index contributed by atoms with van der Waals surface area (Å²) in [7, 11) is 0. The van der Waals surface area contributed by atoms with Gasteiger partial charge in [0.25, 0.3) is 0 Å². The van der Waals surface area contributed by atoms with Gasteiger partial charge in [-0.15, -0.1) is 0 Å². The van der Waals surface area contributed by atoms with Crippen molar-refractivity contribution in [3.05, 3.63) is 35.4 Å². The Hall–Kier alpha value is -1.84. The van der Waals surface area contributed by atoms with Crippen LogP contribution in [-0.2, 0) is 16.1 Å². The van der Waals surface area contributed by atoms with Crippen molar-refractivity contribution in [3.8, 4) is 0 Å². The van der Waals surface area contributed by atoms with Crippen molar-refractivity contribution in [2.75, 3.05) is 0 Å². The van der Waals surface area contributed by atoms with E-state index in [1.54, 1.807) is 0 Å². The van der Waals surface area contributed by atoms with Crippen molar-refractivity contribution >= 4 is 11.8 Å². The van der Waals surface area contributed by atoms with Crippen LogP contribution in [0.15, 0.2) is 24.3 Å². The second-order valence-corrected chi connectivity index (χ2v) is 5.85. The Kier molecular flexibility index (Phi) is 5.78. The molecule has 0 bridgehead atoms. The summed E-state index contributed by atoms with van der Waals surface area (Å²) >= 11 is 0. The molecule has 1 aliphatic carbocycles. The van der Waals surface area contributed by atoms with E-state index in [2.05, 4.69) is 10.6 Å². The van der Waals surface area contributed by atoms with Gasteiger partial charge in [0.1, 0.15) is 6.42 Å². The minimum absolute atomic E-state index is 0.0810. The van der Waals surface area contributed by atoms with E-state index in [1.165, 1.54) is 19.3 Å².